The quantitative estimate of drug-likeness (QED) is 0.878. The van der Waals surface area contributed by atoms with Crippen molar-refractivity contribution in [2.45, 2.75) is 37.8 Å². The molecule has 0 amide bonds. The second-order valence-electron chi connectivity index (χ2n) is 4.59. The fourth-order valence-electron chi connectivity index (χ4n) is 2.52. The fraction of sp³-hybridized carbons (Fsp3) is 0.583. The van der Waals surface area contributed by atoms with Crippen LogP contribution in [0.4, 0.5) is 11.4 Å². The molecule has 2 atom stereocenters. The average Bonchev–Trinajstić information content (AvgIpc) is 2.29. The van der Waals surface area contributed by atoms with Gasteiger partial charge < -0.3 is 15.7 Å². The average molecular weight is 300 g/mol. The highest BCUT2D eigenvalue weighted by molar-refractivity contribution is 9.10. The van der Waals surface area contributed by atoms with Crippen molar-refractivity contribution in [3.8, 4) is 0 Å². The number of rotatable bonds is 2. The number of likely N-dealkylation sites (N-methyl/N-ethyl adjacent to an activating group) is 1. The van der Waals surface area contributed by atoms with Crippen LogP contribution in [0.3, 0.4) is 0 Å². The van der Waals surface area contributed by atoms with E-state index in [1.54, 1.807) is 12.4 Å². The molecule has 1 heterocycles. The van der Waals surface area contributed by atoms with E-state index in [0.717, 1.165) is 35.8 Å². The van der Waals surface area contributed by atoms with E-state index >= 15 is 0 Å². The van der Waals surface area contributed by atoms with Gasteiger partial charge in [0.2, 0.25) is 0 Å². The van der Waals surface area contributed by atoms with E-state index in [0.29, 0.717) is 5.69 Å². The molecule has 2 rings (SSSR count). The number of pyridine rings is 1. The van der Waals surface area contributed by atoms with Crippen molar-refractivity contribution in [2.24, 2.45) is 0 Å². The lowest BCUT2D eigenvalue weighted by Gasteiger charge is -2.37. The third-order valence-electron chi connectivity index (χ3n) is 3.45. The number of hydrogen-bond acceptors (Lipinski definition) is 4. The van der Waals surface area contributed by atoms with Gasteiger partial charge in [-0.2, -0.15) is 0 Å². The van der Waals surface area contributed by atoms with Gasteiger partial charge in [-0.1, -0.05) is 12.8 Å². The maximum Gasteiger partial charge on any atom is 0.0776 e. The zero-order valence-electron chi connectivity index (χ0n) is 9.93. The van der Waals surface area contributed by atoms with Crippen LogP contribution in [0.1, 0.15) is 25.7 Å². The summed E-state index contributed by atoms with van der Waals surface area (Å²) in [4.78, 5) is 6.10. The number of aliphatic hydroxyl groups excluding tert-OH is 1. The Balaban J connectivity index is 2.26. The van der Waals surface area contributed by atoms with Gasteiger partial charge in [-0.3, -0.25) is 4.98 Å². The molecule has 94 valence electrons. The molecule has 0 aliphatic heterocycles. The van der Waals surface area contributed by atoms with Crippen molar-refractivity contribution in [1.82, 2.24) is 4.98 Å². The van der Waals surface area contributed by atoms with Crippen molar-refractivity contribution in [3.63, 3.8) is 0 Å². The lowest BCUT2D eigenvalue weighted by Crippen LogP contribution is -2.43. The van der Waals surface area contributed by atoms with E-state index < -0.39 is 0 Å². The Morgan fingerprint density at radius 1 is 1.41 bits per heavy atom. The van der Waals surface area contributed by atoms with Crippen molar-refractivity contribution in [1.29, 1.82) is 0 Å². The summed E-state index contributed by atoms with van der Waals surface area (Å²) in [6, 6.07) is 0.143. The zero-order chi connectivity index (χ0) is 12.4. The third-order valence-corrected chi connectivity index (χ3v) is 4.03. The van der Waals surface area contributed by atoms with Crippen LogP contribution < -0.4 is 10.6 Å². The first kappa shape index (κ1) is 12.6. The number of halogens is 1. The molecule has 0 radical (unpaired) electrons. The summed E-state index contributed by atoms with van der Waals surface area (Å²) in [5.74, 6) is 0. The summed E-state index contributed by atoms with van der Waals surface area (Å²) in [7, 11) is 1.98. The molecule has 1 aromatic heterocycles. The van der Waals surface area contributed by atoms with E-state index in [2.05, 4.69) is 25.8 Å². The Morgan fingerprint density at radius 3 is 2.76 bits per heavy atom. The fourth-order valence-corrected chi connectivity index (χ4v) is 3.15. The lowest BCUT2D eigenvalue weighted by molar-refractivity contribution is 0.106. The van der Waals surface area contributed by atoms with Gasteiger partial charge in [-0.15, -0.1) is 0 Å². The van der Waals surface area contributed by atoms with Gasteiger partial charge in [0.25, 0.3) is 0 Å². The zero-order valence-corrected chi connectivity index (χ0v) is 11.5. The maximum atomic E-state index is 10.1. The maximum absolute atomic E-state index is 10.1. The molecule has 1 saturated carbocycles. The number of aliphatic hydroxyl groups is 1. The van der Waals surface area contributed by atoms with Crippen LogP contribution >= 0.6 is 15.9 Å². The van der Waals surface area contributed by atoms with E-state index in [4.69, 9.17) is 5.73 Å². The molecule has 1 aromatic rings. The Kier molecular flexibility index (Phi) is 3.89. The number of anilines is 2. The summed E-state index contributed by atoms with van der Waals surface area (Å²) in [5.41, 5.74) is 7.52. The minimum Gasteiger partial charge on any atom is -0.396 e. The van der Waals surface area contributed by atoms with Crippen LogP contribution in [0, 0.1) is 0 Å². The molecule has 0 spiro atoms. The predicted molar refractivity (Wildman–Crippen MR) is 73.0 cm³/mol. The van der Waals surface area contributed by atoms with Crippen molar-refractivity contribution in [2.75, 3.05) is 17.7 Å². The molecule has 4 nitrogen and oxygen atoms in total. The topological polar surface area (TPSA) is 62.4 Å². The van der Waals surface area contributed by atoms with Crippen LogP contribution in [0.5, 0.6) is 0 Å². The van der Waals surface area contributed by atoms with Crippen LogP contribution in [0.2, 0.25) is 0 Å². The van der Waals surface area contributed by atoms with E-state index in [1.807, 2.05) is 7.05 Å². The summed E-state index contributed by atoms with van der Waals surface area (Å²) in [5, 5.41) is 10.1. The SMILES string of the molecule is CN(c1c(N)cncc1Br)C1CCCCC1O. The molecular formula is C12H18BrN3O. The first-order chi connectivity index (χ1) is 8.11. The van der Waals surface area contributed by atoms with Crippen LogP contribution in [-0.4, -0.2) is 29.3 Å². The highest BCUT2D eigenvalue weighted by atomic mass is 79.9. The monoisotopic (exact) mass is 299 g/mol. The molecule has 1 fully saturated rings. The molecule has 2 unspecified atom stereocenters. The second kappa shape index (κ2) is 5.23. The molecule has 5 heteroatoms. The molecule has 0 saturated heterocycles. The largest absolute Gasteiger partial charge is 0.396 e. The molecular weight excluding hydrogens is 282 g/mol. The van der Waals surface area contributed by atoms with Crippen LogP contribution in [0.15, 0.2) is 16.9 Å². The highest BCUT2D eigenvalue weighted by Gasteiger charge is 2.28. The Labute approximate surface area is 110 Å². The Hall–Kier alpha value is -0.810. The highest BCUT2D eigenvalue weighted by Crippen LogP contribution is 2.34. The van der Waals surface area contributed by atoms with Gasteiger partial charge >= 0.3 is 0 Å². The second-order valence-corrected chi connectivity index (χ2v) is 5.44. The standard InChI is InChI=1S/C12H18BrN3O/c1-16(10-4-2-3-5-11(10)17)12-8(13)6-15-7-9(12)14/h6-7,10-11,17H,2-5,14H2,1H3. The number of hydrogen-bond donors (Lipinski definition) is 2. The Morgan fingerprint density at radius 2 is 2.12 bits per heavy atom. The van der Waals surface area contributed by atoms with Gasteiger partial charge in [-0.25, -0.2) is 0 Å². The van der Waals surface area contributed by atoms with E-state index in [9.17, 15) is 5.11 Å². The molecule has 3 N–H and O–H groups in total. The summed E-state index contributed by atoms with van der Waals surface area (Å²) >= 11 is 3.47. The van der Waals surface area contributed by atoms with Gasteiger partial charge in [0.15, 0.2) is 0 Å². The van der Waals surface area contributed by atoms with Crippen molar-refractivity contribution < 1.29 is 5.11 Å². The van der Waals surface area contributed by atoms with E-state index in [-0.39, 0.29) is 12.1 Å². The molecule has 0 bridgehead atoms. The third kappa shape index (κ3) is 2.55. The number of nitrogen functional groups attached to an aromatic ring is 1. The minimum absolute atomic E-state index is 0.143. The van der Waals surface area contributed by atoms with Gasteiger partial charge in [0.1, 0.15) is 0 Å². The number of nitrogens with zero attached hydrogens (tertiary/aromatic N) is 2. The van der Waals surface area contributed by atoms with Gasteiger partial charge in [-0.05, 0) is 28.8 Å². The van der Waals surface area contributed by atoms with Crippen molar-refractivity contribution >= 4 is 27.3 Å². The smallest absolute Gasteiger partial charge is 0.0776 e. The first-order valence-electron chi connectivity index (χ1n) is 5.91. The van der Waals surface area contributed by atoms with E-state index in [1.165, 1.54) is 0 Å². The summed E-state index contributed by atoms with van der Waals surface area (Å²) < 4.78 is 0.873. The number of nitrogens with two attached hydrogens (primary N) is 1. The normalized spacial score (nSPS) is 24.6. The summed E-state index contributed by atoms with van der Waals surface area (Å²) in [6.07, 6.45) is 7.26. The molecule has 0 aromatic carbocycles. The van der Waals surface area contributed by atoms with Crippen molar-refractivity contribution in [3.05, 3.63) is 16.9 Å². The summed E-state index contributed by atoms with van der Waals surface area (Å²) in [6.45, 7) is 0. The molecule has 1 aliphatic carbocycles. The lowest BCUT2D eigenvalue weighted by atomic mass is 9.91. The minimum atomic E-state index is -0.270. The first-order valence-corrected chi connectivity index (χ1v) is 6.70. The van der Waals surface area contributed by atoms with Crippen LogP contribution in [-0.2, 0) is 0 Å². The van der Waals surface area contributed by atoms with Crippen LogP contribution in [0.25, 0.3) is 0 Å². The Bertz CT molecular complexity index is 379. The number of aromatic nitrogens is 1. The van der Waals surface area contributed by atoms with Gasteiger partial charge in [0, 0.05) is 13.2 Å². The van der Waals surface area contributed by atoms with Gasteiger partial charge in [0.05, 0.1) is 34.2 Å². The predicted octanol–water partition coefficient (Wildman–Crippen LogP) is 2.17. The molecule has 17 heavy (non-hydrogen) atoms. The molecule has 1 aliphatic rings.